The summed E-state index contributed by atoms with van der Waals surface area (Å²) in [6, 6.07) is 1.56. The maximum absolute atomic E-state index is 12.2. The predicted octanol–water partition coefficient (Wildman–Crippen LogP) is 2.33. The topological polar surface area (TPSA) is 53.9 Å². The van der Waals surface area contributed by atoms with Gasteiger partial charge in [0.2, 0.25) is 0 Å². The second kappa shape index (κ2) is 5.04. The first-order chi connectivity index (χ1) is 8.50. The van der Waals surface area contributed by atoms with Crippen molar-refractivity contribution in [2.45, 2.75) is 6.54 Å². The normalized spacial score (nSPS) is 10.7. The molecule has 5 nitrogen and oxygen atoms in total. The third-order valence-electron chi connectivity index (χ3n) is 2.62. The van der Waals surface area contributed by atoms with Crippen LogP contribution in [0.5, 0.6) is 0 Å². The van der Waals surface area contributed by atoms with Crippen LogP contribution in [0.1, 0.15) is 16.3 Å². The van der Waals surface area contributed by atoms with Gasteiger partial charge in [-0.1, -0.05) is 23.2 Å². The highest BCUT2D eigenvalue weighted by molar-refractivity contribution is 6.41. The number of rotatable bonds is 3. The highest BCUT2D eigenvalue weighted by Crippen LogP contribution is 2.25. The average molecular weight is 287 g/mol. The molecule has 0 fully saturated rings. The van der Waals surface area contributed by atoms with E-state index in [1.807, 2.05) is 0 Å². The molecule has 2 aromatic rings. The van der Waals surface area contributed by atoms with Crippen LogP contribution in [0.2, 0.25) is 10.2 Å². The van der Waals surface area contributed by atoms with Gasteiger partial charge in [-0.2, -0.15) is 0 Å². The molecule has 0 spiro atoms. The van der Waals surface area contributed by atoms with Gasteiger partial charge in [-0.05, 0) is 6.07 Å². The number of halogens is 2. The fraction of sp³-hybridized carbons (Fsp3) is 0.273. The minimum absolute atomic E-state index is 0.164. The summed E-state index contributed by atoms with van der Waals surface area (Å²) in [5, 5.41) is 0.723. The lowest BCUT2D eigenvalue weighted by atomic mass is 10.3. The first-order valence-corrected chi connectivity index (χ1v) is 6.00. The van der Waals surface area contributed by atoms with E-state index in [9.17, 15) is 4.79 Å². The number of nitrogens with one attached hydrogen (secondary N) is 1. The number of amides is 1. The molecule has 0 saturated heterocycles. The number of hydrogen-bond donors (Lipinski definition) is 1. The zero-order valence-corrected chi connectivity index (χ0v) is 11.5. The number of hydrogen-bond acceptors (Lipinski definition) is 2. The second-order valence-electron chi connectivity index (χ2n) is 3.92. The van der Waals surface area contributed by atoms with Gasteiger partial charge in [0.05, 0.1) is 11.6 Å². The highest BCUT2D eigenvalue weighted by atomic mass is 35.5. The highest BCUT2D eigenvalue weighted by Gasteiger charge is 2.19. The maximum Gasteiger partial charge on any atom is 0.270 e. The zero-order valence-electron chi connectivity index (χ0n) is 9.94. The number of aromatic nitrogens is 3. The lowest BCUT2D eigenvalue weighted by molar-refractivity contribution is 0.0772. The van der Waals surface area contributed by atoms with Crippen molar-refractivity contribution in [2.75, 3.05) is 7.05 Å². The van der Waals surface area contributed by atoms with Crippen LogP contribution in [0.4, 0.5) is 0 Å². The summed E-state index contributed by atoms with van der Waals surface area (Å²) in [4.78, 5) is 20.8. The lowest BCUT2D eigenvalue weighted by Gasteiger charge is -2.16. The smallest absolute Gasteiger partial charge is 0.270 e. The molecule has 0 atom stereocenters. The Morgan fingerprint density at radius 1 is 1.56 bits per heavy atom. The van der Waals surface area contributed by atoms with Crippen molar-refractivity contribution in [1.29, 1.82) is 0 Å². The van der Waals surface area contributed by atoms with Crippen molar-refractivity contribution >= 4 is 29.1 Å². The molecule has 0 radical (unpaired) electrons. The Morgan fingerprint density at radius 3 is 2.78 bits per heavy atom. The van der Waals surface area contributed by atoms with Crippen LogP contribution in [0.25, 0.3) is 0 Å². The number of H-pyrrole nitrogens is 1. The predicted molar refractivity (Wildman–Crippen MR) is 69.8 cm³/mol. The van der Waals surface area contributed by atoms with Gasteiger partial charge >= 0.3 is 0 Å². The standard InChI is InChI=1S/C11H12Cl2N4O/c1-16(6-9-14-3-4-15-9)11(18)8-5-7(12)10(13)17(8)2/h3-5H,6H2,1-2H3,(H,14,15). The van der Waals surface area contributed by atoms with E-state index in [-0.39, 0.29) is 5.91 Å². The zero-order chi connectivity index (χ0) is 13.3. The summed E-state index contributed by atoms with van der Waals surface area (Å²) in [6.45, 7) is 0.395. The summed E-state index contributed by atoms with van der Waals surface area (Å²) in [7, 11) is 3.39. The van der Waals surface area contributed by atoms with Crippen LogP contribution in [0, 0.1) is 0 Å². The Morgan fingerprint density at radius 2 is 2.28 bits per heavy atom. The maximum atomic E-state index is 12.2. The summed E-state index contributed by atoms with van der Waals surface area (Å²) >= 11 is 11.8. The molecular formula is C11H12Cl2N4O. The van der Waals surface area contributed by atoms with Crippen molar-refractivity contribution in [2.24, 2.45) is 7.05 Å². The van der Waals surface area contributed by atoms with Gasteiger partial charge < -0.3 is 14.5 Å². The fourth-order valence-electron chi connectivity index (χ4n) is 1.62. The summed E-state index contributed by atoms with van der Waals surface area (Å²) in [6.07, 6.45) is 3.35. The van der Waals surface area contributed by atoms with Gasteiger partial charge in [-0.15, -0.1) is 0 Å². The molecular weight excluding hydrogens is 275 g/mol. The van der Waals surface area contributed by atoms with Gasteiger partial charge in [-0.25, -0.2) is 4.98 Å². The number of aromatic amines is 1. The molecule has 0 aromatic carbocycles. The minimum atomic E-state index is -0.164. The minimum Gasteiger partial charge on any atom is -0.347 e. The molecule has 0 saturated carbocycles. The summed E-state index contributed by atoms with van der Waals surface area (Å²) < 4.78 is 1.56. The molecule has 2 heterocycles. The number of carbonyl (C=O) groups excluding carboxylic acids is 1. The SMILES string of the molecule is CN(Cc1ncc[nH]1)C(=O)c1cc(Cl)c(Cl)n1C. The molecule has 96 valence electrons. The van der Waals surface area contributed by atoms with E-state index in [2.05, 4.69) is 9.97 Å². The van der Waals surface area contributed by atoms with Crippen molar-refractivity contribution in [3.63, 3.8) is 0 Å². The molecule has 1 N–H and O–H groups in total. The first-order valence-electron chi connectivity index (χ1n) is 5.25. The van der Waals surface area contributed by atoms with E-state index in [0.29, 0.717) is 22.4 Å². The Bertz CT molecular complexity index is 562. The molecule has 2 rings (SSSR count). The van der Waals surface area contributed by atoms with Crippen molar-refractivity contribution < 1.29 is 4.79 Å². The second-order valence-corrected chi connectivity index (χ2v) is 4.69. The summed E-state index contributed by atoms with van der Waals surface area (Å²) in [5.74, 6) is 0.556. The molecule has 2 aromatic heterocycles. The molecule has 18 heavy (non-hydrogen) atoms. The lowest BCUT2D eigenvalue weighted by Crippen LogP contribution is -2.28. The van der Waals surface area contributed by atoms with Crippen LogP contribution in [0.15, 0.2) is 18.5 Å². The van der Waals surface area contributed by atoms with E-state index in [1.165, 1.54) is 0 Å². The number of imidazole rings is 1. The van der Waals surface area contributed by atoms with Crippen molar-refractivity contribution in [3.05, 3.63) is 40.2 Å². The third kappa shape index (κ3) is 2.37. The van der Waals surface area contributed by atoms with E-state index in [4.69, 9.17) is 23.2 Å². The molecule has 7 heteroatoms. The van der Waals surface area contributed by atoms with Gasteiger partial charge in [0.15, 0.2) is 0 Å². The van der Waals surface area contributed by atoms with E-state index < -0.39 is 0 Å². The average Bonchev–Trinajstić information content (AvgIpc) is 2.93. The summed E-state index contributed by atoms with van der Waals surface area (Å²) in [5.41, 5.74) is 0.444. The molecule has 0 bridgehead atoms. The van der Waals surface area contributed by atoms with Crippen LogP contribution in [-0.2, 0) is 13.6 Å². The Hall–Kier alpha value is -1.46. The van der Waals surface area contributed by atoms with Crippen LogP contribution in [-0.4, -0.2) is 32.4 Å². The van der Waals surface area contributed by atoms with Crippen molar-refractivity contribution in [3.8, 4) is 0 Å². The largest absolute Gasteiger partial charge is 0.347 e. The third-order valence-corrected chi connectivity index (χ3v) is 3.47. The fourth-order valence-corrected chi connectivity index (χ4v) is 2.00. The van der Waals surface area contributed by atoms with Gasteiger partial charge in [0, 0.05) is 26.5 Å². The van der Waals surface area contributed by atoms with Gasteiger partial charge in [0.1, 0.15) is 16.7 Å². The Labute approximate surface area is 114 Å². The molecule has 0 aliphatic heterocycles. The van der Waals surface area contributed by atoms with E-state index >= 15 is 0 Å². The monoisotopic (exact) mass is 286 g/mol. The van der Waals surface area contributed by atoms with Crippen LogP contribution in [0.3, 0.4) is 0 Å². The first kappa shape index (κ1) is 13.0. The molecule has 0 aliphatic rings. The number of carbonyl (C=O) groups is 1. The van der Waals surface area contributed by atoms with E-state index in [0.717, 1.165) is 5.82 Å². The number of nitrogens with zero attached hydrogens (tertiary/aromatic N) is 3. The molecule has 1 amide bonds. The molecule has 0 unspecified atom stereocenters. The molecule has 0 aliphatic carbocycles. The van der Waals surface area contributed by atoms with Crippen LogP contribution >= 0.6 is 23.2 Å². The Balaban J connectivity index is 2.18. The van der Waals surface area contributed by atoms with E-state index in [1.54, 1.807) is 42.0 Å². The van der Waals surface area contributed by atoms with Gasteiger partial charge in [-0.3, -0.25) is 4.79 Å². The Kier molecular flexibility index (Phi) is 3.63. The van der Waals surface area contributed by atoms with Crippen LogP contribution < -0.4 is 0 Å². The van der Waals surface area contributed by atoms with Crippen molar-refractivity contribution in [1.82, 2.24) is 19.4 Å². The quantitative estimate of drug-likeness (QED) is 0.942. The van der Waals surface area contributed by atoms with Gasteiger partial charge in [0.25, 0.3) is 5.91 Å².